The third kappa shape index (κ3) is 3.69. The van der Waals surface area contributed by atoms with Crippen LogP contribution in [0.15, 0.2) is 57.7 Å². The third-order valence-corrected chi connectivity index (χ3v) is 3.50. The molecule has 1 aromatic heterocycles. The topological polar surface area (TPSA) is 74.7 Å². The molecule has 0 fully saturated rings. The second-order valence-electron chi connectivity index (χ2n) is 5.05. The van der Waals surface area contributed by atoms with Crippen LogP contribution in [0.25, 0.3) is 11.0 Å². The van der Waals surface area contributed by atoms with Crippen molar-refractivity contribution in [1.29, 1.82) is 0 Å². The summed E-state index contributed by atoms with van der Waals surface area (Å²) in [5, 5.41) is 0.436. The first-order chi connectivity index (χ1) is 11.2. The Morgan fingerprint density at radius 3 is 2.50 bits per heavy atom. The van der Waals surface area contributed by atoms with Gasteiger partial charge >= 0.3 is 0 Å². The van der Waals surface area contributed by atoms with Gasteiger partial charge in [-0.1, -0.05) is 30.3 Å². The Morgan fingerprint density at radius 1 is 1.08 bits per heavy atom. The smallest absolute Gasteiger partial charge is 0.193 e. The lowest BCUT2D eigenvalue weighted by molar-refractivity contribution is 0.284. The second-order valence-corrected chi connectivity index (χ2v) is 5.05. The highest BCUT2D eigenvalue weighted by atomic mass is 35.5. The summed E-state index contributed by atoms with van der Waals surface area (Å²) in [5.74, 6) is 1.43. The van der Waals surface area contributed by atoms with Crippen LogP contribution >= 0.6 is 12.4 Å². The minimum absolute atomic E-state index is 0. The summed E-state index contributed by atoms with van der Waals surface area (Å²) in [6, 6.07) is 14.5. The molecular weight excluding hydrogens is 330 g/mol. The molecular formula is C18H18ClNO4. The van der Waals surface area contributed by atoms with Crippen molar-refractivity contribution in [2.45, 2.75) is 13.2 Å². The number of hydrogen-bond donors (Lipinski definition) is 1. The van der Waals surface area contributed by atoms with Crippen LogP contribution < -0.4 is 20.6 Å². The number of methoxy groups -OCH3 is 1. The molecule has 0 aliphatic heterocycles. The lowest BCUT2D eigenvalue weighted by atomic mass is 10.2. The zero-order valence-electron chi connectivity index (χ0n) is 13.2. The molecule has 0 saturated carbocycles. The lowest BCUT2D eigenvalue weighted by Crippen LogP contribution is -2.06. The van der Waals surface area contributed by atoms with E-state index in [1.165, 1.54) is 13.2 Å². The van der Waals surface area contributed by atoms with Crippen LogP contribution in [0.3, 0.4) is 0 Å². The first kappa shape index (κ1) is 17.8. The van der Waals surface area contributed by atoms with E-state index in [9.17, 15) is 4.79 Å². The van der Waals surface area contributed by atoms with Crippen LogP contribution in [0, 0.1) is 0 Å². The molecule has 0 atom stereocenters. The number of hydrogen-bond acceptors (Lipinski definition) is 5. The lowest BCUT2D eigenvalue weighted by Gasteiger charge is -2.12. The van der Waals surface area contributed by atoms with Gasteiger partial charge in [-0.05, 0) is 11.6 Å². The number of ether oxygens (including phenoxy) is 2. The normalized spacial score (nSPS) is 10.2. The average Bonchev–Trinajstić information content (AvgIpc) is 2.60. The maximum absolute atomic E-state index is 12.1. The Hall–Kier alpha value is -2.50. The second kappa shape index (κ2) is 7.86. The highest BCUT2D eigenvalue weighted by molar-refractivity contribution is 5.85. The van der Waals surface area contributed by atoms with Crippen molar-refractivity contribution >= 4 is 23.4 Å². The van der Waals surface area contributed by atoms with Gasteiger partial charge in [0, 0.05) is 12.1 Å². The molecule has 0 aliphatic carbocycles. The molecule has 24 heavy (non-hydrogen) atoms. The molecule has 6 heteroatoms. The molecule has 2 N–H and O–H groups in total. The van der Waals surface area contributed by atoms with E-state index in [2.05, 4.69) is 0 Å². The fraction of sp³-hybridized carbons (Fsp3) is 0.167. The van der Waals surface area contributed by atoms with Gasteiger partial charge < -0.3 is 19.6 Å². The molecule has 0 aliphatic rings. The highest BCUT2D eigenvalue weighted by Gasteiger charge is 2.12. The van der Waals surface area contributed by atoms with Crippen LogP contribution in [0.5, 0.6) is 11.5 Å². The van der Waals surface area contributed by atoms with Gasteiger partial charge in [0.05, 0.1) is 19.0 Å². The summed E-state index contributed by atoms with van der Waals surface area (Å²) < 4.78 is 16.8. The summed E-state index contributed by atoms with van der Waals surface area (Å²) in [5.41, 5.74) is 6.86. The van der Waals surface area contributed by atoms with E-state index >= 15 is 0 Å². The van der Waals surface area contributed by atoms with Gasteiger partial charge in [-0.3, -0.25) is 4.79 Å². The number of benzene rings is 2. The summed E-state index contributed by atoms with van der Waals surface area (Å²) in [7, 11) is 1.53. The maximum Gasteiger partial charge on any atom is 0.193 e. The van der Waals surface area contributed by atoms with Crippen LogP contribution in [-0.4, -0.2) is 7.11 Å². The van der Waals surface area contributed by atoms with Crippen molar-refractivity contribution in [3.05, 3.63) is 70.1 Å². The van der Waals surface area contributed by atoms with Gasteiger partial charge in [-0.25, -0.2) is 0 Å². The zero-order valence-corrected chi connectivity index (χ0v) is 14.0. The van der Waals surface area contributed by atoms with E-state index in [0.29, 0.717) is 34.8 Å². The molecule has 3 aromatic rings. The van der Waals surface area contributed by atoms with Gasteiger partial charge in [-0.2, -0.15) is 0 Å². The molecule has 126 valence electrons. The van der Waals surface area contributed by atoms with Gasteiger partial charge in [0.15, 0.2) is 16.9 Å². The Balaban J connectivity index is 0.00000208. The number of rotatable bonds is 5. The summed E-state index contributed by atoms with van der Waals surface area (Å²) in [6.45, 7) is 0.556. The fourth-order valence-corrected chi connectivity index (χ4v) is 2.32. The first-order valence-corrected chi connectivity index (χ1v) is 7.23. The quantitative estimate of drug-likeness (QED) is 0.766. The van der Waals surface area contributed by atoms with E-state index < -0.39 is 0 Å². The number of fused-ring (bicyclic) bond motifs is 1. The van der Waals surface area contributed by atoms with Crippen molar-refractivity contribution in [2.24, 2.45) is 5.73 Å². The monoisotopic (exact) mass is 347 g/mol. The van der Waals surface area contributed by atoms with Crippen molar-refractivity contribution in [3.63, 3.8) is 0 Å². The number of nitrogens with two attached hydrogens (primary N) is 1. The van der Waals surface area contributed by atoms with E-state index in [4.69, 9.17) is 19.6 Å². The molecule has 0 spiro atoms. The van der Waals surface area contributed by atoms with E-state index in [1.54, 1.807) is 12.1 Å². The zero-order chi connectivity index (χ0) is 16.2. The van der Waals surface area contributed by atoms with Crippen LogP contribution in [-0.2, 0) is 13.2 Å². The Morgan fingerprint density at radius 2 is 1.83 bits per heavy atom. The van der Waals surface area contributed by atoms with Crippen molar-refractivity contribution < 1.29 is 13.9 Å². The molecule has 5 nitrogen and oxygen atoms in total. The van der Waals surface area contributed by atoms with Gasteiger partial charge in [0.1, 0.15) is 18.0 Å². The predicted molar refractivity (Wildman–Crippen MR) is 94.9 cm³/mol. The van der Waals surface area contributed by atoms with E-state index in [-0.39, 0.29) is 24.4 Å². The average molecular weight is 348 g/mol. The molecule has 0 radical (unpaired) electrons. The summed E-state index contributed by atoms with van der Waals surface area (Å²) >= 11 is 0. The van der Waals surface area contributed by atoms with Crippen LogP contribution in [0.1, 0.15) is 11.3 Å². The fourth-order valence-electron chi connectivity index (χ4n) is 2.32. The molecule has 0 amide bonds. The van der Waals surface area contributed by atoms with Crippen molar-refractivity contribution in [1.82, 2.24) is 0 Å². The predicted octanol–water partition coefficient (Wildman–Crippen LogP) is 3.26. The van der Waals surface area contributed by atoms with Crippen LogP contribution in [0.2, 0.25) is 0 Å². The van der Waals surface area contributed by atoms with Gasteiger partial charge in [-0.15, -0.1) is 12.4 Å². The SMILES string of the molecule is COc1cc2c(=O)cc(CN)oc2cc1OCc1ccccc1.Cl. The molecule has 0 bridgehead atoms. The third-order valence-electron chi connectivity index (χ3n) is 3.50. The summed E-state index contributed by atoms with van der Waals surface area (Å²) in [4.78, 5) is 12.1. The van der Waals surface area contributed by atoms with Gasteiger partial charge in [0.2, 0.25) is 0 Å². The maximum atomic E-state index is 12.1. The molecule has 1 heterocycles. The van der Waals surface area contributed by atoms with Crippen molar-refractivity contribution in [3.8, 4) is 11.5 Å². The standard InChI is InChI=1S/C18H17NO4.ClH/c1-21-17-8-14-15(20)7-13(10-19)23-16(14)9-18(17)22-11-12-5-3-2-4-6-12;/h2-9H,10-11,19H2,1H3;1H. The Kier molecular flexibility index (Phi) is 5.84. The minimum atomic E-state index is -0.153. The Labute approximate surface area is 145 Å². The van der Waals surface area contributed by atoms with E-state index in [0.717, 1.165) is 5.56 Å². The van der Waals surface area contributed by atoms with Crippen LogP contribution in [0.4, 0.5) is 0 Å². The minimum Gasteiger partial charge on any atom is -0.493 e. The summed E-state index contributed by atoms with van der Waals surface area (Å²) in [6.07, 6.45) is 0. The molecule has 2 aromatic carbocycles. The first-order valence-electron chi connectivity index (χ1n) is 7.23. The molecule has 0 unspecified atom stereocenters. The van der Waals surface area contributed by atoms with Crippen molar-refractivity contribution in [2.75, 3.05) is 7.11 Å². The van der Waals surface area contributed by atoms with Gasteiger partial charge in [0.25, 0.3) is 0 Å². The largest absolute Gasteiger partial charge is 0.493 e. The highest BCUT2D eigenvalue weighted by Crippen LogP contribution is 2.32. The molecule has 3 rings (SSSR count). The Bertz CT molecular complexity index is 877. The number of halogens is 1. The molecule has 0 saturated heterocycles. The van der Waals surface area contributed by atoms with E-state index in [1.807, 2.05) is 30.3 Å².